The maximum absolute atomic E-state index is 12.2. The molecule has 5 atom stereocenters. The van der Waals surface area contributed by atoms with E-state index in [2.05, 4.69) is 9.71 Å². The lowest BCUT2D eigenvalue weighted by atomic mass is 9.95. The van der Waals surface area contributed by atoms with Crippen LogP contribution in [0.2, 0.25) is 0 Å². The number of carbonyl (C=O) groups excluding carboxylic acids is 2. The molecule has 12 heteroatoms. The van der Waals surface area contributed by atoms with Crippen molar-refractivity contribution in [3.63, 3.8) is 0 Å². The van der Waals surface area contributed by atoms with Crippen molar-refractivity contribution in [1.82, 2.24) is 5.32 Å². The molecule has 37 heavy (non-hydrogen) atoms. The molecule has 0 spiro atoms. The molecule has 11 nitrogen and oxygen atoms in total. The normalized spacial score (nSPS) is 27.1. The highest BCUT2D eigenvalue weighted by molar-refractivity contribution is 8.23. The Hall–Kier alpha value is -3.00. The summed E-state index contributed by atoms with van der Waals surface area (Å²) in [4.78, 5) is 24.2. The predicted octanol–water partition coefficient (Wildman–Crippen LogP) is 2.99. The van der Waals surface area contributed by atoms with Crippen LogP contribution >= 0.6 is 10.8 Å². The number of esters is 1. The SMILES string of the molecule is COC(=O)CO[C@H]1[C@@H]2OC(c3ccccc3)OC[C@H]2OC(=NS(O)(O)c2ccc(C)cc2)[C@@H]1NC(C)=O. The van der Waals surface area contributed by atoms with Crippen molar-refractivity contribution < 1.29 is 42.4 Å². The molecule has 0 aliphatic carbocycles. The molecule has 1 unspecified atom stereocenters. The number of rotatable bonds is 7. The van der Waals surface area contributed by atoms with Crippen molar-refractivity contribution in [2.24, 2.45) is 4.40 Å². The Labute approximate surface area is 216 Å². The van der Waals surface area contributed by atoms with Crippen LogP contribution in [-0.4, -0.2) is 71.6 Å². The molecule has 3 N–H and O–H groups in total. The molecule has 2 saturated heterocycles. The number of amides is 1. The summed E-state index contributed by atoms with van der Waals surface area (Å²) in [6.07, 6.45) is -3.33. The van der Waals surface area contributed by atoms with Crippen molar-refractivity contribution in [2.75, 3.05) is 20.3 Å². The van der Waals surface area contributed by atoms with Crippen LogP contribution in [0.1, 0.15) is 24.3 Å². The first kappa shape index (κ1) is 27.0. The van der Waals surface area contributed by atoms with Crippen LogP contribution in [0.3, 0.4) is 0 Å². The molecule has 0 saturated carbocycles. The van der Waals surface area contributed by atoms with E-state index in [1.807, 2.05) is 37.3 Å². The van der Waals surface area contributed by atoms with Gasteiger partial charge < -0.3 is 29.0 Å². The highest BCUT2D eigenvalue weighted by atomic mass is 32.3. The lowest BCUT2D eigenvalue weighted by Gasteiger charge is -2.47. The summed E-state index contributed by atoms with van der Waals surface area (Å²) in [5.74, 6) is -1.28. The molecule has 0 aromatic heterocycles. The van der Waals surface area contributed by atoms with Crippen molar-refractivity contribution in [3.05, 3.63) is 65.7 Å². The minimum atomic E-state index is -3.71. The van der Waals surface area contributed by atoms with Crippen molar-refractivity contribution in [2.45, 2.75) is 49.4 Å². The fourth-order valence-corrected chi connectivity index (χ4v) is 5.05. The van der Waals surface area contributed by atoms with Gasteiger partial charge in [-0.1, -0.05) is 58.8 Å². The Morgan fingerprint density at radius 1 is 1.14 bits per heavy atom. The molecule has 2 fully saturated rings. The van der Waals surface area contributed by atoms with E-state index in [4.69, 9.17) is 23.7 Å². The number of nitrogens with zero attached hydrogens (tertiary/aromatic N) is 1. The number of fused-ring (bicyclic) bond motifs is 1. The van der Waals surface area contributed by atoms with Crippen molar-refractivity contribution >= 4 is 28.6 Å². The zero-order valence-electron chi connectivity index (χ0n) is 20.6. The van der Waals surface area contributed by atoms with E-state index in [1.165, 1.54) is 14.0 Å². The Bertz CT molecular complexity index is 1130. The molecule has 2 aliphatic rings. The first-order chi connectivity index (χ1) is 17.7. The molecule has 2 aromatic carbocycles. The maximum Gasteiger partial charge on any atom is 0.331 e. The molecule has 4 rings (SSSR count). The highest BCUT2D eigenvalue weighted by Crippen LogP contribution is 2.50. The molecule has 1 amide bonds. The zero-order valence-corrected chi connectivity index (χ0v) is 21.4. The van der Waals surface area contributed by atoms with Crippen molar-refractivity contribution in [3.8, 4) is 0 Å². The smallest absolute Gasteiger partial charge is 0.331 e. The van der Waals surface area contributed by atoms with Gasteiger partial charge in [0.05, 0.1) is 18.6 Å². The first-order valence-corrected chi connectivity index (χ1v) is 13.1. The average Bonchev–Trinajstić information content (AvgIpc) is 2.88. The van der Waals surface area contributed by atoms with Gasteiger partial charge in [-0.05, 0) is 19.1 Å². The van der Waals surface area contributed by atoms with Crippen LogP contribution < -0.4 is 5.32 Å². The Morgan fingerprint density at radius 2 is 1.84 bits per heavy atom. The summed E-state index contributed by atoms with van der Waals surface area (Å²) >= 11 is 0. The highest BCUT2D eigenvalue weighted by Gasteiger charge is 2.51. The summed E-state index contributed by atoms with van der Waals surface area (Å²) in [5.41, 5.74) is 1.69. The fraction of sp³-hybridized carbons (Fsp3) is 0.400. The summed E-state index contributed by atoms with van der Waals surface area (Å²) in [7, 11) is -2.49. The molecular weight excluding hydrogens is 504 g/mol. The second kappa shape index (κ2) is 11.6. The van der Waals surface area contributed by atoms with Gasteiger partial charge in [-0.25, -0.2) is 4.79 Å². The second-order valence-corrected chi connectivity index (χ2v) is 10.3. The third-order valence-corrected chi connectivity index (χ3v) is 7.19. The van der Waals surface area contributed by atoms with Crippen LogP contribution in [0.15, 0.2) is 63.9 Å². The van der Waals surface area contributed by atoms with Crippen LogP contribution in [0.4, 0.5) is 0 Å². The quantitative estimate of drug-likeness (QED) is 0.457. The first-order valence-electron chi connectivity index (χ1n) is 11.6. The van der Waals surface area contributed by atoms with Gasteiger partial charge in [0.2, 0.25) is 11.8 Å². The maximum atomic E-state index is 12.2. The molecule has 2 aliphatic heterocycles. The van der Waals surface area contributed by atoms with E-state index in [1.54, 1.807) is 24.3 Å². The largest absolute Gasteiger partial charge is 0.470 e. The van der Waals surface area contributed by atoms with Gasteiger partial charge in [0.25, 0.3) is 0 Å². The number of aryl methyl sites for hydroxylation is 1. The van der Waals surface area contributed by atoms with Crippen molar-refractivity contribution in [1.29, 1.82) is 0 Å². The van der Waals surface area contributed by atoms with Gasteiger partial charge in [-0.3, -0.25) is 13.9 Å². The topological polar surface area (TPSA) is 145 Å². The van der Waals surface area contributed by atoms with Gasteiger partial charge in [-0.2, -0.15) is 0 Å². The summed E-state index contributed by atoms with van der Waals surface area (Å²) in [5, 5.41) is 2.69. The molecule has 0 bridgehead atoms. The minimum Gasteiger partial charge on any atom is -0.470 e. The average molecular weight is 535 g/mol. The van der Waals surface area contributed by atoms with Gasteiger partial charge in [0.15, 0.2) is 12.4 Å². The second-order valence-electron chi connectivity index (χ2n) is 8.62. The van der Waals surface area contributed by atoms with E-state index in [-0.39, 0.29) is 17.4 Å². The predicted molar refractivity (Wildman–Crippen MR) is 134 cm³/mol. The summed E-state index contributed by atoms with van der Waals surface area (Å²) < 4.78 is 54.6. The standard InChI is InChI=1S/C25H30N2O9S/c1-15-9-11-18(12-10-15)37(30,31)27-24-21(26-16(2)28)23(33-14-20(29)32-3)22-19(35-24)13-34-25(36-22)17-7-5-4-6-8-17/h4-12,19,21-23,25,30-31H,13-14H2,1-3H3,(H,26,28)/t19-,21-,22-,23-,25?/m1/s1. The Balaban J connectivity index is 1.70. The number of ether oxygens (including phenoxy) is 5. The number of benzene rings is 2. The number of nitrogens with one attached hydrogen (secondary N) is 1. The van der Waals surface area contributed by atoms with Gasteiger partial charge in [0, 0.05) is 12.5 Å². The molecular formula is C25H30N2O9S. The lowest BCUT2D eigenvalue weighted by molar-refractivity contribution is -0.286. The van der Waals surface area contributed by atoms with E-state index in [9.17, 15) is 18.7 Å². The number of hydrogen-bond donors (Lipinski definition) is 3. The van der Waals surface area contributed by atoms with Gasteiger partial charge in [0.1, 0.15) is 24.9 Å². The molecule has 2 heterocycles. The minimum absolute atomic E-state index is 0.0534. The lowest BCUT2D eigenvalue weighted by Crippen LogP contribution is -2.65. The van der Waals surface area contributed by atoms with Gasteiger partial charge >= 0.3 is 5.97 Å². The fourth-order valence-electron chi connectivity index (χ4n) is 4.03. The van der Waals surface area contributed by atoms with E-state index < -0.39 is 59.9 Å². The Kier molecular flexibility index (Phi) is 8.47. The Morgan fingerprint density at radius 3 is 2.49 bits per heavy atom. The monoisotopic (exact) mass is 534 g/mol. The van der Waals surface area contributed by atoms with Gasteiger partial charge in [-0.15, -0.1) is 4.40 Å². The van der Waals surface area contributed by atoms with Crippen LogP contribution in [0.5, 0.6) is 0 Å². The van der Waals surface area contributed by atoms with Crippen LogP contribution in [0, 0.1) is 6.92 Å². The number of methoxy groups -OCH3 is 1. The summed E-state index contributed by atoms with van der Waals surface area (Å²) in [6, 6.07) is 14.7. The van der Waals surface area contributed by atoms with E-state index >= 15 is 0 Å². The summed E-state index contributed by atoms with van der Waals surface area (Å²) in [6.45, 7) is 2.77. The number of hydrogen-bond acceptors (Lipinski definition) is 10. The third kappa shape index (κ3) is 6.47. The molecule has 200 valence electrons. The molecule has 0 radical (unpaired) electrons. The molecule has 2 aromatic rings. The van der Waals surface area contributed by atoms with E-state index in [0.717, 1.165) is 11.1 Å². The number of carbonyl (C=O) groups is 2. The zero-order chi connectivity index (χ0) is 26.6. The van der Waals surface area contributed by atoms with E-state index in [0.29, 0.717) is 0 Å². The van der Waals surface area contributed by atoms with Crippen LogP contribution in [0.25, 0.3) is 0 Å². The van der Waals surface area contributed by atoms with Crippen LogP contribution in [-0.2, 0) is 33.3 Å². The third-order valence-electron chi connectivity index (χ3n) is 5.86.